The predicted molar refractivity (Wildman–Crippen MR) is 116 cm³/mol. The molecule has 3 aromatic rings. The van der Waals surface area contributed by atoms with E-state index >= 15 is 0 Å². The minimum absolute atomic E-state index is 0.0112. The summed E-state index contributed by atoms with van der Waals surface area (Å²) in [4.78, 5) is 34.3. The fraction of sp³-hybridized carbons (Fsp3) is 0.250. The molecule has 1 aliphatic heterocycles. The van der Waals surface area contributed by atoms with Crippen molar-refractivity contribution in [3.8, 4) is 9.88 Å². The molecule has 0 saturated carbocycles. The maximum absolute atomic E-state index is 13.0. The largest absolute Gasteiger partial charge is 0.339 e. The zero-order chi connectivity index (χ0) is 20.4. The van der Waals surface area contributed by atoms with Gasteiger partial charge in [-0.05, 0) is 39.7 Å². The third-order valence-electron chi connectivity index (χ3n) is 4.69. The number of amides is 2. The van der Waals surface area contributed by atoms with Crippen molar-refractivity contribution in [3.05, 3.63) is 62.6 Å². The second kappa shape index (κ2) is 8.73. The van der Waals surface area contributed by atoms with Gasteiger partial charge in [0.05, 0.1) is 11.3 Å². The number of benzene rings is 1. The molecule has 0 spiro atoms. The molecule has 1 fully saturated rings. The molecule has 1 aliphatic rings. The fourth-order valence-corrected chi connectivity index (χ4v) is 5.42. The average molecular weight is 494 g/mol. The van der Waals surface area contributed by atoms with E-state index in [4.69, 9.17) is 0 Å². The van der Waals surface area contributed by atoms with Crippen LogP contribution in [0.3, 0.4) is 0 Å². The molecule has 5 nitrogen and oxygen atoms in total. The number of aromatic nitrogens is 1. The number of hydrogen-bond acceptors (Lipinski definition) is 5. The Hall–Kier alpha value is -2.10. The van der Waals surface area contributed by atoms with Crippen molar-refractivity contribution in [2.75, 3.05) is 26.2 Å². The monoisotopic (exact) mass is 493 g/mol. The molecule has 150 valence electrons. The Morgan fingerprint density at radius 1 is 1.03 bits per heavy atom. The van der Waals surface area contributed by atoms with Gasteiger partial charge in [0.15, 0.2) is 0 Å². The van der Waals surface area contributed by atoms with Crippen molar-refractivity contribution >= 4 is 50.4 Å². The highest BCUT2D eigenvalue weighted by atomic mass is 79.9. The topological polar surface area (TPSA) is 53.5 Å². The van der Waals surface area contributed by atoms with E-state index in [1.165, 1.54) is 23.5 Å². The summed E-state index contributed by atoms with van der Waals surface area (Å²) < 4.78 is 14.0. The van der Waals surface area contributed by atoms with Gasteiger partial charge in [-0.1, -0.05) is 12.1 Å². The number of hydrogen-bond donors (Lipinski definition) is 0. The lowest BCUT2D eigenvalue weighted by Gasteiger charge is -2.34. The maximum Gasteiger partial charge on any atom is 0.273 e. The van der Waals surface area contributed by atoms with E-state index in [0.29, 0.717) is 31.9 Å². The van der Waals surface area contributed by atoms with Crippen LogP contribution in [0.15, 0.2) is 45.6 Å². The van der Waals surface area contributed by atoms with Crippen molar-refractivity contribution in [1.29, 1.82) is 0 Å². The van der Waals surface area contributed by atoms with Crippen LogP contribution in [0.1, 0.15) is 16.1 Å². The summed E-state index contributed by atoms with van der Waals surface area (Å²) >= 11 is 6.47. The molecule has 1 aromatic carbocycles. The van der Waals surface area contributed by atoms with Crippen molar-refractivity contribution in [1.82, 2.24) is 14.8 Å². The zero-order valence-corrected chi connectivity index (χ0v) is 18.5. The Balaban J connectivity index is 1.33. The van der Waals surface area contributed by atoms with Gasteiger partial charge in [-0.15, -0.1) is 22.7 Å². The smallest absolute Gasteiger partial charge is 0.273 e. The van der Waals surface area contributed by atoms with E-state index in [2.05, 4.69) is 20.9 Å². The van der Waals surface area contributed by atoms with Gasteiger partial charge in [0.1, 0.15) is 16.5 Å². The molecule has 4 rings (SSSR count). The number of carbonyl (C=O) groups excluding carboxylic acids is 2. The van der Waals surface area contributed by atoms with Crippen LogP contribution in [-0.2, 0) is 11.2 Å². The van der Waals surface area contributed by atoms with Gasteiger partial charge in [0.25, 0.3) is 5.91 Å². The van der Waals surface area contributed by atoms with Crippen molar-refractivity contribution < 1.29 is 14.0 Å². The molecular weight excluding hydrogens is 477 g/mol. The van der Waals surface area contributed by atoms with Crippen LogP contribution in [0.5, 0.6) is 0 Å². The van der Waals surface area contributed by atoms with Gasteiger partial charge >= 0.3 is 0 Å². The van der Waals surface area contributed by atoms with E-state index in [1.807, 2.05) is 11.4 Å². The summed E-state index contributed by atoms with van der Waals surface area (Å²) in [5.41, 5.74) is 1.23. The summed E-state index contributed by atoms with van der Waals surface area (Å²) in [6, 6.07) is 7.95. The molecule has 0 radical (unpaired) electrons. The van der Waals surface area contributed by atoms with Crippen LogP contribution in [0, 0.1) is 5.82 Å². The van der Waals surface area contributed by atoms with Crippen molar-refractivity contribution in [2.24, 2.45) is 0 Å². The molecule has 9 heteroatoms. The fourth-order valence-electron chi connectivity index (χ4n) is 3.12. The van der Waals surface area contributed by atoms with Crippen LogP contribution < -0.4 is 0 Å². The standard InChI is InChI=1S/C20H17BrFN3O2S2/c21-14-10-17(28-11-14)19-23-16(12-29-19)20(27)25-7-5-24(6-8-25)18(26)9-13-1-3-15(22)4-2-13/h1-4,10-12H,5-9H2. The lowest BCUT2D eigenvalue weighted by molar-refractivity contribution is -0.131. The Bertz CT molecular complexity index is 1030. The van der Waals surface area contributed by atoms with E-state index in [0.717, 1.165) is 19.9 Å². The number of thiophene rings is 1. The van der Waals surface area contributed by atoms with Gasteiger partial charge in [-0.2, -0.15) is 0 Å². The second-order valence-electron chi connectivity index (χ2n) is 6.64. The first-order valence-electron chi connectivity index (χ1n) is 9.01. The summed E-state index contributed by atoms with van der Waals surface area (Å²) in [6.07, 6.45) is 0.236. The average Bonchev–Trinajstić information content (AvgIpc) is 3.38. The van der Waals surface area contributed by atoms with E-state index in [9.17, 15) is 14.0 Å². The number of halogens is 2. The summed E-state index contributed by atoms with van der Waals surface area (Å²) in [6.45, 7) is 1.93. The third kappa shape index (κ3) is 4.73. The number of rotatable bonds is 4. The Labute approximate surface area is 183 Å². The molecule has 0 unspecified atom stereocenters. The van der Waals surface area contributed by atoms with Gasteiger partial charge in [-0.3, -0.25) is 9.59 Å². The lowest BCUT2D eigenvalue weighted by Crippen LogP contribution is -2.51. The van der Waals surface area contributed by atoms with E-state index in [-0.39, 0.29) is 24.1 Å². The quantitative estimate of drug-likeness (QED) is 0.544. The molecule has 1 saturated heterocycles. The normalized spacial score (nSPS) is 14.3. The number of carbonyl (C=O) groups is 2. The third-order valence-corrected chi connectivity index (χ3v) is 7.39. The first-order chi connectivity index (χ1) is 14.0. The molecule has 2 aromatic heterocycles. The summed E-state index contributed by atoms with van der Waals surface area (Å²) in [5, 5.41) is 4.61. The van der Waals surface area contributed by atoms with Crippen LogP contribution >= 0.6 is 38.6 Å². The van der Waals surface area contributed by atoms with Crippen LogP contribution in [0.4, 0.5) is 4.39 Å². The molecule has 3 heterocycles. The highest BCUT2D eigenvalue weighted by Crippen LogP contribution is 2.32. The maximum atomic E-state index is 13.0. The number of thiazole rings is 1. The van der Waals surface area contributed by atoms with E-state index < -0.39 is 0 Å². The Morgan fingerprint density at radius 2 is 1.72 bits per heavy atom. The zero-order valence-electron chi connectivity index (χ0n) is 15.3. The summed E-state index contributed by atoms with van der Waals surface area (Å²) in [5.74, 6) is -0.429. The van der Waals surface area contributed by atoms with Gasteiger partial charge in [0, 0.05) is 41.4 Å². The van der Waals surface area contributed by atoms with Crippen molar-refractivity contribution in [2.45, 2.75) is 6.42 Å². The predicted octanol–water partition coefficient (Wildman–Crippen LogP) is 4.30. The number of nitrogens with zero attached hydrogens (tertiary/aromatic N) is 3. The SMILES string of the molecule is O=C(Cc1ccc(F)cc1)N1CCN(C(=O)c2csc(-c3cc(Br)cs3)n2)CC1. The molecule has 0 bridgehead atoms. The van der Waals surface area contributed by atoms with Crippen LogP contribution in [0.25, 0.3) is 9.88 Å². The number of piperazine rings is 1. The molecule has 29 heavy (non-hydrogen) atoms. The second-order valence-corrected chi connectivity index (χ2v) is 9.33. The molecule has 0 N–H and O–H groups in total. The minimum atomic E-state index is -0.315. The highest BCUT2D eigenvalue weighted by Gasteiger charge is 2.26. The van der Waals surface area contributed by atoms with Gasteiger partial charge < -0.3 is 9.80 Å². The Kier molecular flexibility index (Phi) is 6.07. The lowest BCUT2D eigenvalue weighted by atomic mass is 10.1. The summed E-state index contributed by atoms with van der Waals surface area (Å²) in [7, 11) is 0. The first-order valence-corrected chi connectivity index (χ1v) is 11.6. The van der Waals surface area contributed by atoms with Crippen LogP contribution in [-0.4, -0.2) is 52.8 Å². The van der Waals surface area contributed by atoms with Gasteiger partial charge in [-0.25, -0.2) is 9.37 Å². The highest BCUT2D eigenvalue weighted by molar-refractivity contribution is 9.10. The van der Waals surface area contributed by atoms with E-state index in [1.54, 1.807) is 38.6 Å². The van der Waals surface area contributed by atoms with Crippen LogP contribution in [0.2, 0.25) is 0 Å². The van der Waals surface area contributed by atoms with Crippen molar-refractivity contribution in [3.63, 3.8) is 0 Å². The molecule has 0 aliphatic carbocycles. The first kappa shape index (κ1) is 20.2. The molecular formula is C20H17BrFN3O2S2. The van der Waals surface area contributed by atoms with Gasteiger partial charge in [0.2, 0.25) is 5.91 Å². The minimum Gasteiger partial charge on any atom is -0.339 e. The Morgan fingerprint density at radius 3 is 2.38 bits per heavy atom. The molecule has 0 atom stereocenters. The molecule has 2 amide bonds.